The van der Waals surface area contributed by atoms with Gasteiger partial charge in [0.1, 0.15) is 0 Å². The van der Waals surface area contributed by atoms with Crippen LogP contribution in [-0.4, -0.2) is 21.7 Å². The number of carbonyl (C=O) groups is 1. The van der Waals surface area contributed by atoms with Gasteiger partial charge < -0.3 is 11.1 Å². The van der Waals surface area contributed by atoms with Gasteiger partial charge in [-0.15, -0.1) is 0 Å². The number of nitrogens with one attached hydrogen (secondary N) is 1. The second kappa shape index (κ2) is 5.10. The number of aromatic nitrogens is 2. The highest BCUT2D eigenvalue weighted by atomic mass is 16.1. The number of carbonyl (C=O) groups excluding carboxylic acids is 1. The van der Waals surface area contributed by atoms with Crippen molar-refractivity contribution in [3.05, 3.63) is 18.0 Å². The fourth-order valence-corrected chi connectivity index (χ4v) is 2.97. The van der Waals surface area contributed by atoms with Crippen LogP contribution < -0.4 is 11.1 Å². The summed E-state index contributed by atoms with van der Waals surface area (Å²) in [5, 5.41) is 7.76. The summed E-state index contributed by atoms with van der Waals surface area (Å²) in [6.45, 7) is 7.12. The maximum absolute atomic E-state index is 11.7. The second-order valence-corrected chi connectivity index (χ2v) is 5.32. The third kappa shape index (κ3) is 2.41. The van der Waals surface area contributed by atoms with Crippen LogP contribution in [0.3, 0.4) is 0 Å². The van der Waals surface area contributed by atoms with E-state index >= 15 is 0 Å². The van der Waals surface area contributed by atoms with E-state index in [0.29, 0.717) is 12.0 Å². The van der Waals surface area contributed by atoms with E-state index in [4.69, 9.17) is 5.73 Å². The molecular formula is C13H22N4O. The third-order valence-electron chi connectivity index (χ3n) is 3.83. The van der Waals surface area contributed by atoms with Crippen LogP contribution in [0.4, 0.5) is 0 Å². The first-order valence-corrected chi connectivity index (χ1v) is 6.60. The molecule has 1 aromatic rings. The van der Waals surface area contributed by atoms with E-state index in [0.717, 1.165) is 18.5 Å². The third-order valence-corrected chi connectivity index (χ3v) is 3.83. The van der Waals surface area contributed by atoms with Gasteiger partial charge in [-0.1, -0.05) is 6.92 Å². The predicted molar refractivity (Wildman–Crippen MR) is 69.7 cm³/mol. The van der Waals surface area contributed by atoms with Crippen molar-refractivity contribution in [1.29, 1.82) is 0 Å². The fourth-order valence-electron chi connectivity index (χ4n) is 2.97. The number of piperidine rings is 1. The van der Waals surface area contributed by atoms with Crippen molar-refractivity contribution in [3.8, 4) is 0 Å². The lowest BCUT2D eigenvalue weighted by Gasteiger charge is -2.38. The largest absolute Gasteiger partial charge is 0.369 e. The van der Waals surface area contributed by atoms with Crippen LogP contribution in [0, 0.1) is 11.8 Å². The van der Waals surface area contributed by atoms with Gasteiger partial charge in [0, 0.05) is 30.4 Å². The number of hydrogen-bond donors (Lipinski definition) is 2. The summed E-state index contributed by atoms with van der Waals surface area (Å²) in [4.78, 5) is 11.7. The molecule has 1 aliphatic rings. The van der Waals surface area contributed by atoms with E-state index < -0.39 is 0 Å². The molecular weight excluding hydrogens is 228 g/mol. The summed E-state index contributed by atoms with van der Waals surface area (Å²) < 4.78 is 1.87. The minimum atomic E-state index is -0.226. The molecule has 4 unspecified atom stereocenters. The summed E-state index contributed by atoms with van der Waals surface area (Å²) >= 11 is 0. The van der Waals surface area contributed by atoms with E-state index in [9.17, 15) is 4.79 Å². The molecule has 4 atom stereocenters. The fraction of sp³-hybridized carbons (Fsp3) is 0.692. The van der Waals surface area contributed by atoms with Gasteiger partial charge in [0.15, 0.2) is 0 Å². The highest BCUT2D eigenvalue weighted by Gasteiger charge is 2.38. The lowest BCUT2D eigenvalue weighted by Crippen LogP contribution is -2.48. The van der Waals surface area contributed by atoms with E-state index in [1.165, 1.54) is 0 Å². The molecule has 3 N–H and O–H groups in total. The molecule has 1 aliphatic heterocycles. The lowest BCUT2D eigenvalue weighted by atomic mass is 9.77. The first-order valence-electron chi connectivity index (χ1n) is 6.60. The molecule has 5 heteroatoms. The Morgan fingerprint density at radius 3 is 2.89 bits per heavy atom. The van der Waals surface area contributed by atoms with Crippen molar-refractivity contribution in [3.63, 3.8) is 0 Å². The Kier molecular flexibility index (Phi) is 3.71. The first kappa shape index (κ1) is 13.1. The minimum Gasteiger partial charge on any atom is -0.369 e. The zero-order chi connectivity index (χ0) is 13.3. The maximum Gasteiger partial charge on any atom is 0.222 e. The Morgan fingerprint density at radius 2 is 2.33 bits per heavy atom. The van der Waals surface area contributed by atoms with Gasteiger partial charge in [-0.2, -0.15) is 5.10 Å². The van der Waals surface area contributed by atoms with Crippen LogP contribution in [0.1, 0.15) is 38.8 Å². The molecule has 2 heterocycles. The van der Waals surface area contributed by atoms with E-state index in [1.807, 2.05) is 24.0 Å². The van der Waals surface area contributed by atoms with Gasteiger partial charge in [-0.05, 0) is 26.2 Å². The van der Waals surface area contributed by atoms with Crippen LogP contribution in [0.15, 0.2) is 12.4 Å². The Morgan fingerprint density at radius 1 is 1.61 bits per heavy atom. The summed E-state index contributed by atoms with van der Waals surface area (Å²) in [5.74, 6) is -0.0828. The molecule has 2 rings (SSSR count). The van der Waals surface area contributed by atoms with Crippen molar-refractivity contribution >= 4 is 5.91 Å². The van der Waals surface area contributed by atoms with E-state index in [1.54, 1.807) is 0 Å². The SMILES string of the molecule is CCn1cc(C2NC(C)CC(C)C2C(N)=O)cn1. The van der Waals surface area contributed by atoms with Crippen LogP contribution in [-0.2, 0) is 11.3 Å². The molecule has 0 bridgehead atoms. The number of rotatable bonds is 3. The average molecular weight is 250 g/mol. The highest BCUT2D eigenvalue weighted by Crippen LogP contribution is 2.35. The standard InChI is InChI=1S/C13H22N4O/c1-4-17-7-10(6-15-17)12-11(13(14)18)8(2)5-9(3)16-12/h6-9,11-12,16H,4-5H2,1-3H3,(H2,14,18). The molecule has 1 fully saturated rings. The smallest absolute Gasteiger partial charge is 0.222 e. The highest BCUT2D eigenvalue weighted by molar-refractivity contribution is 5.78. The summed E-state index contributed by atoms with van der Waals surface area (Å²) in [6, 6.07) is 0.382. The quantitative estimate of drug-likeness (QED) is 0.842. The van der Waals surface area contributed by atoms with Crippen LogP contribution in [0.2, 0.25) is 0 Å². The van der Waals surface area contributed by atoms with Crippen LogP contribution >= 0.6 is 0 Å². The molecule has 0 saturated carbocycles. The lowest BCUT2D eigenvalue weighted by molar-refractivity contribution is -0.125. The monoisotopic (exact) mass is 250 g/mol. The summed E-state index contributed by atoms with van der Waals surface area (Å²) in [7, 11) is 0. The van der Waals surface area contributed by atoms with Crippen LogP contribution in [0.5, 0.6) is 0 Å². The first-order chi connectivity index (χ1) is 8.52. The van der Waals surface area contributed by atoms with Crippen molar-refractivity contribution in [2.45, 2.75) is 45.8 Å². The average Bonchev–Trinajstić information content (AvgIpc) is 2.75. The van der Waals surface area contributed by atoms with Crippen molar-refractivity contribution < 1.29 is 4.79 Å². The number of nitrogens with two attached hydrogens (primary N) is 1. The van der Waals surface area contributed by atoms with Gasteiger partial charge in [0.25, 0.3) is 0 Å². The second-order valence-electron chi connectivity index (χ2n) is 5.32. The molecule has 1 aromatic heterocycles. The Balaban J connectivity index is 2.28. The van der Waals surface area contributed by atoms with Gasteiger partial charge in [0.05, 0.1) is 12.1 Å². The van der Waals surface area contributed by atoms with Crippen molar-refractivity contribution in [2.24, 2.45) is 17.6 Å². The molecule has 1 amide bonds. The number of nitrogens with zero attached hydrogens (tertiary/aromatic N) is 2. The maximum atomic E-state index is 11.7. The zero-order valence-electron chi connectivity index (χ0n) is 11.3. The van der Waals surface area contributed by atoms with Gasteiger partial charge >= 0.3 is 0 Å². The Labute approximate surface area is 108 Å². The molecule has 1 saturated heterocycles. The molecule has 0 aromatic carbocycles. The molecule has 0 spiro atoms. The van der Waals surface area contributed by atoms with E-state index in [2.05, 4.69) is 24.3 Å². The minimum absolute atomic E-state index is 0.0125. The zero-order valence-corrected chi connectivity index (χ0v) is 11.3. The Hall–Kier alpha value is -1.36. The van der Waals surface area contributed by atoms with E-state index in [-0.39, 0.29) is 17.9 Å². The predicted octanol–water partition coefficient (Wildman–Crippen LogP) is 1.06. The molecule has 0 radical (unpaired) electrons. The van der Waals surface area contributed by atoms with Crippen molar-refractivity contribution in [2.75, 3.05) is 0 Å². The summed E-state index contributed by atoms with van der Waals surface area (Å²) in [6.07, 6.45) is 4.81. The Bertz CT molecular complexity index is 428. The van der Waals surface area contributed by atoms with Gasteiger partial charge in [-0.25, -0.2) is 0 Å². The topological polar surface area (TPSA) is 72.9 Å². The number of aryl methyl sites for hydroxylation is 1. The normalized spacial score (nSPS) is 32.4. The number of amides is 1. The van der Waals surface area contributed by atoms with Gasteiger partial charge in [0.2, 0.25) is 5.91 Å². The van der Waals surface area contributed by atoms with Crippen LogP contribution in [0.25, 0.3) is 0 Å². The number of primary amides is 1. The summed E-state index contributed by atoms with van der Waals surface area (Å²) in [5.41, 5.74) is 6.62. The van der Waals surface area contributed by atoms with Crippen molar-refractivity contribution in [1.82, 2.24) is 15.1 Å². The number of hydrogen-bond acceptors (Lipinski definition) is 3. The molecule has 0 aliphatic carbocycles. The molecule has 5 nitrogen and oxygen atoms in total. The molecule has 100 valence electrons. The molecule has 18 heavy (non-hydrogen) atoms. The van der Waals surface area contributed by atoms with Gasteiger partial charge in [-0.3, -0.25) is 9.48 Å².